The molecule has 2 rings (SSSR count). The average molecular weight is 172 g/mol. The number of rotatable bonds is 2. The maximum Gasteiger partial charge on any atom is 0.0900 e. The van der Waals surface area contributed by atoms with Crippen LogP contribution in [0.1, 0.15) is 11.4 Å². The van der Waals surface area contributed by atoms with E-state index in [1.54, 1.807) is 24.8 Å². The summed E-state index contributed by atoms with van der Waals surface area (Å²) >= 11 is 0. The molecule has 0 radical (unpaired) electrons. The van der Waals surface area contributed by atoms with E-state index in [1.807, 2.05) is 6.07 Å². The Morgan fingerprint density at radius 3 is 2.85 bits per heavy atom. The molecule has 4 nitrogen and oxygen atoms in total. The maximum atomic E-state index is 4.12. The Kier molecular flexibility index (Phi) is 1.88. The second-order valence-corrected chi connectivity index (χ2v) is 2.54. The van der Waals surface area contributed by atoms with Gasteiger partial charge in [0.15, 0.2) is 0 Å². The van der Waals surface area contributed by atoms with Crippen LogP contribution in [0.2, 0.25) is 0 Å². The zero-order valence-corrected chi connectivity index (χ0v) is 6.94. The Bertz CT molecular complexity index is 391. The monoisotopic (exact) mass is 172 g/mol. The molecule has 0 aromatic carbocycles. The zero-order valence-electron chi connectivity index (χ0n) is 6.94. The molecule has 0 saturated heterocycles. The van der Waals surface area contributed by atoms with E-state index in [0.29, 0.717) is 0 Å². The van der Waals surface area contributed by atoms with Gasteiger partial charge in [-0.05, 0) is 6.07 Å². The van der Waals surface area contributed by atoms with Gasteiger partial charge in [0.05, 0.1) is 17.6 Å². The van der Waals surface area contributed by atoms with E-state index in [1.165, 1.54) is 0 Å². The molecule has 1 N–H and O–H groups in total. The van der Waals surface area contributed by atoms with Crippen molar-refractivity contribution in [1.29, 1.82) is 0 Å². The van der Waals surface area contributed by atoms with Crippen molar-refractivity contribution in [3.63, 3.8) is 0 Å². The number of hydrogen-bond donors (Lipinski definition) is 1. The minimum atomic E-state index is 0.756. The highest BCUT2D eigenvalue weighted by Crippen LogP contribution is 2.14. The SMILES string of the molecule is C=C(c1cnccn1)c1ccn[nH]1. The number of nitrogens with zero attached hydrogens (tertiary/aromatic N) is 3. The Morgan fingerprint density at radius 1 is 1.31 bits per heavy atom. The summed E-state index contributed by atoms with van der Waals surface area (Å²) in [6.07, 6.45) is 6.61. The van der Waals surface area contributed by atoms with E-state index < -0.39 is 0 Å². The Hall–Kier alpha value is -1.97. The average Bonchev–Trinajstić information content (AvgIpc) is 2.71. The van der Waals surface area contributed by atoms with Crippen LogP contribution in [0.5, 0.6) is 0 Å². The van der Waals surface area contributed by atoms with Gasteiger partial charge in [0, 0.05) is 24.2 Å². The van der Waals surface area contributed by atoms with Crippen molar-refractivity contribution in [2.75, 3.05) is 0 Å². The van der Waals surface area contributed by atoms with Crippen LogP contribution in [-0.2, 0) is 0 Å². The summed E-state index contributed by atoms with van der Waals surface area (Å²) in [6.45, 7) is 3.89. The number of H-pyrrole nitrogens is 1. The summed E-state index contributed by atoms with van der Waals surface area (Å²) in [5.41, 5.74) is 2.41. The van der Waals surface area contributed by atoms with E-state index >= 15 is 0 Å². The molecule has 0 aliphatic heterocycles. The number of aromatic nitrogens is 4. The van der Waals surface area contributed by atoms with Crippen LogP contribution in [0, 0.1) is 0 Å². The van der Waals surface area contributed by atoms with Gasteiger partial charge in [-0.3, -0.25) is 15.1 Å². The van der Waals surface area contributed by atoms with Gasteiger partial charge in [0.1, 0.15) is 0 Å². The van der Waals surface area contributed by atoms with Crippen molar-refractivity contribution in [1.82, 2.24) is 20.2 Å². The van der Waals surface area contributed by atoms with Gasteiger partial charge in [-0.15, -0.1) is 0 Å². The van der Waals surface area contributed by atoms with Gasteiger partial charge in [-0.25, -0.2) is 0 Å². The molecule has 0 saturated carbocycles. The first-order valence-corrected chi connectivity index (χ1v) is 3.83. The van der Waals surface area contributed by atoms with Gasteiger partial charge in [0.25, 0.3) is 0 Å². The molecule has 0 spiro atoms. The van der Waals surface area contributed by atoms with E-state index in [2.05, 4.69) is 26.7 Å². The fourth-order valence-electron chi connectivity index (χ4n) is 1.02. The van der Waals surface area contributed by atoms with Crippen LogP contribution < -0.4 is 0 Å². The molecule has 0 aliphatic carbocycles. The largest absolute Gasteiger partial charge is 0.278 e. The maximum absolute atomic E-state index is 4.12. The fourth-order valence-corrected chi connectivity index (χ4v) is 1.02. The summed E-state index contributed by atoms with van der Waals surface area (Å²) in [6, 6.07) is 1.84. The first kappa shape index (κ1) is 7.67. The Labute approximate surface area is 75.4 Å². The number of hydrogen-bond acceptors (Lipinski definition) is 3. The number of aromatic amines is 1. The second-order valence-electron chi connectivity index (χ2n) is 2.54. The third kappa shape index (κ3) is 1.46. The molecule has 0 amide bonds. The van der Waals surface area contributed by atoms with E-state index in [0.717, 1.165) is 17.0 Å². The smallest absolute Gasteiger partial charge is 0.0900 e. The molecule has 13 heavy (non-hydrogen) atoms. The van der Waals surface area contributed by atoms with E-state index in [-0.39, 0.29) is 0 Å². The van der Waals surface area contributed by atoms with Gasteiger partial charge in [0.2, 0.25) is 0 Å². The lowest BCUT2D eigenvalue weighted by atomic mass is 10.1. The first-order valence-electron chi connectivity index (χ1n) is 3.83. The lowest BCUT2D eigenvalue weighted by molar-refractivity contribution is 1.07. The predicted molar refractivity (Wildman–Crippen MR) is 48.8 cm³/mol. The minimum absolute atomic E-state index is 0.756. The molecule has 0 unspecified atom stereocenters. The molecule has 4 heteroatoms. The quantitative estimate of drug-likeness (QED) is 0.741. The third-order valence-corrected chi connectivity index (χ3v) is 1.70. The van der Waals surface area contributed by atoms with Crippen molar-refractivity contribution in [3.05, 3.63) is 48.8 Å². The predicted octanol–water partition coefficient (Wildman–Crippen LogP) is 1.26. The Balaban J connectivity index is 2.34. The minimum Gasteiger partial charge on any atom is -0.278 e. The standard InChI is InChI=1S/C9H8N4/c1-7(8-2-3-12-13-8)9-6-10-4-5-11-9/h2-6H,1H2,(H,12,13). The molecule has 0 fully saturated rings. The molecular formula is C9H8N4. The summed E-state index contributed by atoms with van der Waals surface area (Å²) in [5.74, 6) is 0. The summed E-state index contributed by atoms with van der Waals surface area (Å²) < 4.78 is 0. The van der Waals surface area contributed by atoms with E-state index in [4.69, 9.17) is 0 Å². The molecular weight excluding hydrogens is 164 g/mol. The molecule has 2 heterocycles. The molecule has 0 atom stereocenters. The van der Waals surface area contributed by atoms with Gasteiger partial charge in [-0.1, -0.05) is 6.58 Å². The fraction of sp³-hybridized carbons (Fsp3) is 0. The highest BCUT2D eigenvalue weighted by atomic mass is 15.1. The normalized spacial score (nSPS) is 9.85. The second kappa shape index (κ2) is 3.18. The van der Waals surface area contributed by atoms with Crippen LogP contribution in [0.15, 0.2) is 37.4 Å². The Morgan fingerprint density at radius 2 is 2.23 bits per heavy atom. The van der Waals surface area contributed by atoms with Gasteiger partial charge in [-0.2, -0.15) is 5.10 Å². The van der Waals surface area contributed by atoms with Crippen LogP contribution in [-0.4, -0.2) is 20.2 Å². The molecule has 2 aromatic rings. The molecule has 0 aliphatic rings. The van der Waals surface area contributed by atoms with E-state index in [9.17, 15) is 0 Å². The van der Waals surface area contributed by atoms with Crippen molar-refractivity contribution in [2.24, 2.45) is 0 Å². The third-order valence-electron chi connectivity index (χ3n) is 1.70. The first-order chi connectivity index (χ1) is 6.38. The topological polar surface area (TPSA) is 54.5 Å². The lowest BCUT2D eigenvalue weighted by Crippen LogP contribution is -1.90. The van der Waals surface area contributed by atoms with Crippen LogP contribution >= 0.6 is 0 Å². The van der Waals surface area contributed by atoms with Crippen molar-refractivity contribution >= 4 is 5.57 Å². The summed E-state index contributed by atoms with van der Waals surface area (Å²) in [7, 11) is 0. The highest BCUT2D eigenvalue weighted by molar-refractivity contribution is 5.72. The van der Waals surface area contributed by atoms with Crippen LogP contribution in [0.3, 0.4) is 0 Å². The van der Waals surface area contributed by atoms with Crippen molar-refractivity contribution < 1.29 is 0 Å². The molecule has 64 valence electrons. The summed E-state index contributed by atoms with van der Waals surface area (Å²) in [5, 5.41) is 6.65. The highest BCUT2D eigenvalue weighted by Gasteiger charge is 2.03. The number of nitrogens with one attached hydrogen (secondary N) is 1. The summed E-state index contributed by atoms with van der Waals surface area (Å²) in [4.78, 5) is 8.08. The van der Waals surface area contributed by atoms with Gasteiger partial charge < -0.3 is 0 Å². The molecule has 0 bridgehead atoms. The molecule has 2 aromatic heterocycles. The van der Waals surface area contributed by atoms with Crippen molar-refractivity contribution in [2.45, 2.75) is 0 Å². The van der Waals surface area contributed by atoms with Crippen molar-refractivity contribution in [3.8, 4) is 0 Å². The van der Waals surface area contributed by atoms with Crippen LogP contribution in [0.25, 0.3) is 5.57 Å². The lowest BCUT2D eigenvalue weighted by Gasteiger charge is -1.99. The van der Waals surface area contributed by atoms with Crippen LogP contribution in [0.4, 0.5) is 0 Å². The zero-order chi connectivity index (χ0) is 9.10. The van der Waals surface area contributed by atoms with Gasteiger partial charge >= 0.3 is 0 Å².